The van der Waals surface area contributed by atoms with Gasteiger partial charge in [-0.05, 0) is 45.8 Å². The fraction of sp³-hybridized carbons (Fsp3) is 0.125. The molecule has 0 bridgehead atoms. The summed E-state index contributed by atoms with van der Waals surface area (Å²) in [6, 6.07) is 10.4. The molecule has 0 spiro atoms. The van der Waals surface area contributed by atoms with Crippen molar-refractivity contribution >= 4 is 36.1 Å². The van der Waals surface area contributed by atoms with Crippen LogP contribution in [0.15, 0.2) is 41.3 Å². The van der Waals surface area contributed by atoms with Crippen molar-refractivity contribution in [2.45, 2.75) is 4.90 Å². The summed E-state index contributed by atoms with van der Waals surface area (Å²) in [4.78, 5) is 0.696. The molecule has 2 aromatic carbocycles. The van der Waals surface area contributed by atoms with E-state index in [0.29, 0.717) is 20.7 Å². The lowest BCUT2D eigenvalue weighted by molar-refractivity contribution is 0.381. The first-order valence-corrected chi connectivity index (χ1v) is 8.35. The van der Waals surface area contributed by atoms with E-state index < -0.39 is 16.6 Å². The van der Waals surface area contributed by atoms with Crippen molar-refractivity contribution in [3.8, 4) is 11.5 Å². The molecule has 0 fully saturated rings. The lowest BCUT2D eigenvalue weighted by Gasteiger charge is -2.06. The van der Waals surface area contributed by atoms with Crippen LogP contribution in [0.25, 0.3) is 9.39 Å². The molecule has 0 radical (unpaired) electrons. The second kappa shape index (κ2) is 5.85. The van der Waals surface area contributed by atoms with Gasteiger partial charge >= 0.3 is 0 Å². The van der Waals surface area contributed by atoms with Crippen molar-refractivity contribution in [2.24, 2.45) is 0 Å². The van der Waals surface area contributed by atoms with Crippen LogP contribution in [0.1, 0.15) is 11.1 Å². The molecule has 3 rings (SSSR count). The molecule has 0 aliphatic carbocycles. The minimum absolute atomic E-state index is 0.0865. The maximum absolute atomic E-state index is 14.4. The molecule has 22 heavy (non-hydrogen) atoms. The maximum Gasteiger partial charge on any atom is 0.182 e. The van der Waals surface area contributed by atoms with Gasteiger partial charge in [0.05, 0.1) is 34.8 Å². The highest BCUT2D eigenvalue weighted by Gasteiger charge is 2.32. The van der Waals surface area contributed by atoms with Gasteiger partial charge in [0.1, 0.15) is 5.75 Å². The number of hydrogen-bond donors (Lipinski definition) is 0. The molecule has 3 nitrogen and oxygen atoms in total. The Hall–Kier alpha value is -1.66. The number of fused-ring (bicyclic) bond motifs is 1. The summed E-state index contributed by atoms with van der Waals surface area (Å²) in [5.41, 5.74) is 1.34. The summed E-state index contributed by atoms with van der Waals surface area (Å²) in [6.45, 7) is 0. The summed E-state index contributed by atoms with van der Waals surface area (Å²) in [7, 11) is 1.35. The van der Waals surface area contributed by atoms with Gasteiger partial charge in [0.2, 0.25) is 0 Å². The molecule has 2 aromatic rings. The Morgan fingerprint density at radius 1 is 1.05 bits per heavy atom. The zero-order valence-electron chi connectivity index (χ0n) is 11.9. The van der Waals surface area contributed by atoms with Crippen LogP contribution in [-0.4, -0.2) is 18.4 Å². The number of benzene rings is 2. The van der Waals surface area contributed by atoms with Crippen molar-refractivity contribution in [3.63, 3.8) is 0 Å². The van der Waals surface area contributed by atoms with Crippen LogP contribution in [-0.2, 0) is 10.8 Å². The van der Waals surface area contributed by atoms with E-state index in [1.807, 2.05) is 0 Å². The third-order valence-corrected chi connectivity index (χ3v) is 6.11. The first kappa shape index (κ1) is 15.2. The lowest BCUT2D eigenvalue weighted by Crippen LogP contribution is -1.98. The van der Waals surface area contributed by atoms with Gasteiger partial charge in [-0.1, -0.05) is 12.1 Å². The fourth-order valence-electron chi connectivity index (χ4n) is 2.33. The molecular formula is C16H12BrFO3S. The lowest BCUT2D eigenvalue weighted by atomic mass is 10.1. The topological polar surface area (TPSA) is 35.5 Å². The molecule has 0 saturated heterocycles. The number of halogens is 2. The normalized spacial score (nSPS) is 16.6. The van der Waals surface area contributed by atoms with Gasteiger partial charge in [-0.25, -0.2) is 8.60 Å². The minimum atomic E-state index is -1.61. The fourth-order valence-corrected chi connectivity index (χ4v) is 4.92. The van der Waals surface area contributed by atoms with E-state index >= 15 is 0 Å². The Morgan fingerprint density at radius 2 is 1.73 bits per heavy atom. The van der Waals surface area contributed by atoms with Crippen LogP contribution in [0.3, 0.4) is 0 Å². The Kier molecular flexibility index (Phi) is 4.06. The van der Waals surface area contributed by atoms with Crippen LogP contribution >= 0.6 is 15.9 Å². The number of hydrogen-bond acceptors (Lipinski definition) is 3. The van der Waals surface area contributed by atoms with Gasteiger partial charge in [-0.15, -0.1) is 0 Å². The number of methoxy groups -OCH3 is 2. The number of ether oxygens (including phenoxy) is 2. The molecule has 1 aliphatic rings. The van der Waals surface area contributed by atoms with Crippen molar-refractivity contribution in [1.29, 1.82) is 0 Å². The van der Waals surface area contributed by atoms with E-state index in [2.05, 4.69) is 15.9 Å². The second-order valence-corrected chi connectivity index (χ2v) is 6.75. The Bertz CT molecular complexity index is 800. The molecule has 6 heteroatoms. The van der Waals surface area contributed by atoms with Crippen molar-refractivity contribution in [1.82, 2.24) is 0 Å². The molecule has 1 heterocycles. The molecule has 1 aliphatic heterocycles. The highest BCUT2D eigenvalue weighted by Crippen LogP contribution is 2.47. The molecule has 0 saturated carbocycles. The van der Waals surface area contributed by atoms with Crippen molar-refractivity contribution < 1.29 is 18.1 Å². The molecule has 0 amide bonds. The Balaban J connectivity index is 2.13. The second-order valence-electron chi connectivity index (χ2n) is 4.60. The quantitative estimate of drug-likeness (QED) is 0.798. The third-order valence-electron chi connectivity index (χ3n) is 3.44. The first-order chi connectivity index (χ1) is 10.6. The van der Waals surface area contributed by atoms with Gasteiger partial charge in [-0.2, -0.15) is 0 Å². The third kappa shape index (κ3) is 2.27. The summed E-state index contributed by atoms with van der Waals surface area (Å²) in [5.74, 6) is 0.205. The van der Waals surface area contributed by atoms with Crippen LogP contribution in [0.2, 0.25) is 0 Å². The van der Waals surface area contributed by atoms with E-state index in [-0.39, 0.29) is 10.6 Å². The standard InChI is InChI=1S/C16H12BrFO3S/c1-20-10-5-3-9(4-6-10)15-13(17)11-7-8-12(21-2)14(18)16(11)22(15)19/h3-8H,1-2H3. The summed E-state index contributed by atoms with van der Waals surface area (Å²) >= 11 is 3.44. The highest BCUT2D eigenvalue weighted by molar-refractivity contribution is 9.15. The van der Waals surface area contributed by atoms with E-state index in [9.17, 15) is 8.60 Å². The van der Waals surface area contributed by atoms with Crippen molar-refractivity contribution in [3.05, 3.63) is 53.3 Å². The SMILES string of the molecule is COc1ccc(C2=C(Br)c3ccc(OC)c(F)c3S2=O)cc1. The Morgan fingerprint density at radius 3 is 2.32 bits per heavy atom. The zero-order chi connectivity index (χ0) is 15.9. The Labute approximate surface area is 138 Å². The van der Waals surface area contributed by atoms with E-state index in [0.717, 1.165) is 5.56 Å². The largest absolute Gasteiger partial charge is 0.497 e. The summed E-state index contributed by atoms with van der Waals surface area (Å²) < 4.78 is 37.9. The van der Waals surface area contributed by atoms with Gasteiger partial charge < -0.3 is 9.47 Å². The van der Waals surface area contributed by atoms with E-state index in [1.165, 1.54) is 13.2 Å². The monoisotopic (exact) mass is 382 g/mol. The predicted octanol–water partition coefficient (Wildman–Crippen LogP) is 4.18. The molecular weight excluding hydrogens is 371 g/mol. The first-order valence-electron chi connectivity index (χ1n) is 6.41. The van der Waals surface area contributed by atoms with Crippen molar-refractivity contribution in [2.75, 3.05) is 14.2 Å². The summed E-state index contributed by atoms with van der Waals surface area (Å²) in [6.07, 6.45) is 0. The van der Waals surface area contributed by atoms with Crippen LogP contribution in [0.5, 0.6) is 11.5 Å². The number of rotatable bonds is 3. The molecule has 0 N–H and O–H groups in total. The van der Waals surface area contributed by atoms with Gasteiger partial charge in [0, 0.05) is 10.0 Å². The molecule has 1 unspecified atom stereocenters. The zero-order valence-corrected chi connectivity index (χ0v) is 14.3. The van der Waals surface area contributed by atoms with E-state index in [1.54, 1.807) is 37.4 Å². The van der Waals surface area contributed by atoms with Crippen LogP contribution < -0.4 is 9.47 Å². The van der Waals surface area contributed by atoms with Crippen LogP contribution in [0, 0.1) is 5.82 Å². The average molecular weight is 383 g/mol. The summed E-state index contributed by atoms with van der Waals surface area (Å²) in [5, 5.41) is 0. The smallest absolute Gasteiger partial charge is 0.182 e. The van der Waals surface area contributed by atoms with Gasteiger partial charge in [0.25, 0.3) is 0 Å². The highest BCUT2D eigenvalue weighted by atomic mass is 79.9. The van der Waals surface area contributed by atoms with Gasteiger partial charge in [-0.3, -0.25) is 0 Å². The average Bonchev–Trinajstić information content (AvgIpc) is 2.80. The predicted molar refractivity (Wildman–Crippen MR) is 88.1 cm³/mol. The molecule has 1 atom stereocenters. The van der Waals surface area contributed by atoms with Gasteiger partial charge in [0.15, 0.2) is 11.6 Å². The maximum atomic E-state index is 14.4. The van der Waals surface area contributed by atoms with E-state index in [4.69, 9.17) is 9.47 Å². The molecule has 0 aromatic heterocycles. The molecule has 114 valence electrons. The van der Waals surface area contributed by atoms with Crippen LogP contribution in [0.4, 0.5) is 4.39 Å². The minimum Gasteiger partial charge on any atom is -0.497 e.